The van der Waals surface area contributed by atoms with Crippen molar-refractivity contribution < 1.29 is 14.3 Å². The van der Waals surface area contributed by atoms with Crippen LogP contribution in [0.15, 0.2) is 34.9 Å². The van der Waals surface area contributed by atoms with Gasteiger partial charge in [0.1, 0.15) is 12.3 Å². The van der Waals surface area contributed by atoms with E-state index in [0.29, 0.717) is 29.4 Å². The summed E-state index contributed by atoms with van der Waals surface area (Å²) >= 11 is 6.03. The second kappa shape index (κ2) is 6.81. The maximum atomic E-state index is 11.7. The van der Waals surface area contributed by atoms with Gasteiger partial charge >= 0.3 is 5.97 Å². The van der Waals surface area contributed by atoms with Gasteiger partial charge in [0, 0.05) is 23.2 Å². The first-order valence-corrected chi connectivity index (χ1v) is 9.18. The number of halogens is 1. The third-order valence-electron chi connectivity index (χ3n) is 5.47. The second-order valence-electron chi connectivity index (χ2n) is 7.03. The van der Waals surface area contributed by atoms with Crippen molar-refractivity contribution >= 4 is 17.6 Å². The van der Waals surface area contributed by atoms with Gasteiger partial charge in [-0.05, 0) is 43.4 Å². The van der Waals surface area contributed by atoms with Gasteiger partial charge in [0.15, 0.2) is 0 Å². The molecule has 0 spiro atoms. The quantitative estimate of drug-likeness (QED) is 0.884. The Bertz CT molecular complexity index is 776. The predicted octanol–water partition coefficient (Wildman–Crippen LogP) is 4.21. The third kappa shape index (κ3) is 3.31. The molecule has 1 saturated carbocycles. The zero-order chi connectivity index (χ0) is 17.4. The minimum absolute atomic E-state index is 0.348. The molecule has 2 aliphatic rings. The fourth-order valence-corrected chi connectivity index (χ4v) is 4.53. The van der Waals surface area contributed by atoms with Crippen LogP contribution in [0.4, 0.5) is 0 Å². The summed E-state index contributed by atoms with van der Waals surface area (Å²) in [5.74, 6) is 0.283. The van der Waals surface area contributed by atoms with Gasteiger partial charge in [-0.15, -0.1) is 0 Å². The fourth-order valence-electron chi connectivity index (χ4n) is 4.34. The Balaban J connectivity index is 1.55. The number of aliphatic carboxylic acids is 1. The Labute approximate surface area is 151 Å². The Morgan fingerprint density at radius 2 is 2.20 bits per heavy atom. The van der Waals surface area contributed by atoms with Gasteiger partial charge in [-0.25, -0.2) is 4.98 Å². The molecule has 0 amide bonds. The lowest BCUT2D eigenvalue weighted by molar-refractivity contribution is -0.142. The molecule has 4 rings (SSSR count). The highest BCUT2D eigenvalue weighted by Crippen LogP contribution is 2.40. The van der Waals surface area contributed by atoms with Crippen LogP contribution in [-0.4, -0.2) is 33.0 Å². The number of carbonyl (C=O) groups is 1. The lowest BCUT2D eigenvalue weighted by Crippen LogP contribution is -2.41. The summed E-state index contributed by atoms with van der Waals surface area (Å²) in [5, 5.41) is 10.3. The first-order valence-electron chi connectivity index (χ1n) is 8.80. The number of rotatable bonds is 4. The number of hydrogen-bond acceptors (Lipinski definition) is 4. The largest absolute Gasteiger partial charge is 0.480 e. The Morgan fingerprint density at radius 1 is 1.36 bits per heavy atom. The summed E-state index contributed by atoms with van der Waals surface area (Å²) in [5.41, 5.74) is 1.60. The summed E-state index contributed by atoms with van der Waals surface area (Å²) in [4.78, 5) is 18.4. The molecule has 132 valence electrons. The van der Waals surface area contributed by atoms with E-state index in [1.807, 2.05) is 18.2 Å². The average Bonchev–Trinajstić information content (AvgIpc) is 3.21. The number of likely N-dealkylation sites (tertiary alicyclic amines) is 1. The highest BCUT2D eigenvalue weighted by molar-refractivity contribution is 6.30. The maximum absolute atomic E-state index is 11.7. The van der Waals surface area contributed by atoms with Crippen molar-refractivity contribution in [2.75, 3.05) is 0 Å². The molecule has 1 aliphatic carbocycles. The summed E-state index contributed by atoms with van der Waals surface area (Å²) in [7, 11) is 0. The Kier molecular flexibility index (Phi) is 4.52. The molecule has 0 radical (unpaired) electrons. The molecule has 2 heterocycles. The zero-order valence-corrected chi connectivity index (χ0v) is 14.7. The van der Waals surface area contributed by atoms with Crippen LogP contribution in [-0.2, 0) is 11.3 Å². The molecule has 6 heteroatoms. The molecule has 1 aliphatic heterocycles. The summed E-state index contributed by atoms with van der Waals surface area (Å²) in [6, 6.07) is 7.30. The number of fused-ring (bicyclic) bond motifs is 1. The number of hydrogen-bond donors (Lipinski definition) is 1. The van der Waals surface area contributed by atoms with Crippen LogP contribution in [0.25, 0.3) is 11.5 Å². The van der Waals surface area contributed by atoms with Gasteiger partial charge in [-0.2, -0.15) is 0 Å². The number of carboxylic acids is 1. The van der Waals surface area contributed by atoms with Crippen LogP contribution in [0.1, 0.15) is 37.8 Å². The second-order valence-corrected chi connectivity index (χ2v) is 7.46. The van der Waals surface area contributed by atoms with Gasteiger partial charge in [0.05, 0.1) is 5.69 Å². The lowest BCUT2D eigenvalue weighted by Gasteiger charge is -2.32. The average molecular weight is 361 g/mol. The standard InChI is InChI=1S/C19H21ClN2O3/c20-14-6-3-5-13(8-14)18-21-15(11-25-18)10-22-16-7-2-1-4-12(16)9-17(22)19(23)24/h3,5-6,8,11-12,16-17H,1-2,4,7,9-10H2,(H,23,24)/t12-,16-,17+/m1/s1. The van der Waals surface area contributed by atoms with Crippen molar-refractivity contribution in [2.45, 2.75) is 50.7 Å². The van der Waals surface area contributed by atoms with Crippen molar-refractivity contribution in [3.63, 3.8) is 0 Å². The van der Waals surface area contributed by atoms with Crippen LogP contribution < -0.4 is 0 Å². The van der Waals surface area contributed by atoms with Crippen LogP contribution in [0, 0.1) is 5.92 Å². The van der Waals surface area contributed by atoms with Crippen molar-refractivity contribution in [2.24, 2.45) is 5.92 Å². The number of benzene rings is 1. The van der Waals surface area contributed by atoms with Crippen molar-refractivity contribution in [3.05, 3.63) is 41.2 Å². The normalized spacial score (nSPS) is 26.5. The number of nitrogens with zero attached hydrogens (tertiary/aromatic N) is 2. The number of aromatic nitrogens is 1. The Hall–Kier alpha value is -1.85. The van der Waals surface area contributed by atoms with Gasteiger partial charge < -0.3 is 9.52 Å². The molecule has 1 aromatic heterocycles. The highest BCUT2D eigenvalue weighted by atomic mass is 35.5. The van der Waals surface area contributed by atoms with E-state index in [0.717, 1.165) is 30.5 Å². The smallest absolute Gasteiger partial charge is 0.320 e. The predicted molar refractivity (Wildman–Crippen MR) is 94.3 cm³/mol. The lowest BCUT2D eigenvalue weighted by atomic mass is 9.85. The molecular formula is C19H21ClN2O3. The first kappa shape index (κ1) is 16.6. The van der Waals surface area contributed by atoms with Crippen LogP contribution in [0.3, 0.4) is 0 Å². The van der Waals surface area contributed by atoms with E-state index in [1.54, 1.807) is 12.3 Å². The molecule has 2 fully saturated rings. The van der Waals surface area contributed by atoms with Crippen molar-refractivity contribution in [1.29, 1.82) is 0 Å². The molecule has 3 atom stereocenters. The van der Waals surface area contributed by atoms with Crippen molar-refractivity contribution in [1.82, 2.24) is 9.88 Å². The number of carboxylic acid groups (broad SMARTS) is 1. The van der Waals surface area contributed by atoms with Crippen LogP contribution >= 0.6 is 11.6 Å². The monoisotopic (exact) mass is 360 g/mol. The van der Waals surface area contributed by atoms with Gasteiger partial charge in [0.2, 0.25) is 5.89 Å². The minimum Gasteiger partial charge on any atom is -0.480 e. The van der Waals surface area contributed by atoms with E-state index in [-0.39, 0.29) is 0 Å². The Morgan fingerprint density at radius 3 is 3.00 bits per heavy atom. The summed E-state index contributed by atoms with van der Waals surface area (Å²) in [6.07, 6.45) is 6.98. The third-order valence-corrected chi connectivity index (χ3v) is 5.71. The molecule has 1 saturated heterocycles. The molecule has 25 heavy (non-hydrogen) atoms. The number of oxazole rings is 1. The van der Waals surface area contributed by atoms with E-state index in [1.165, 1.54) is 12.8 Å². The maximum Gasteiger partial charge on any atom is 0.320 e. The van der Waals surface area contributed by atoms with Gasteiger partial charge in [-0.1, -0.05) is 30.5 Å². The summed E-state index contributed by atoms with van der Waals surface area (Å²) < 4.78 is 5.60. The fraction of sp³-hybridized carbons (Fsp3) is 0.474. The highest BCUT2D eigenvalue weighted by Gasteiger charge is 2.45. The minimum atomic E-state index is -0.729. The van der Waals surface area contributed by atoms with E-state index in [4.69, 9.17) is 16.0 Å². The van der Waals surface area contributed by atoms with Crippen LogP contribution in [0.2, 0.25) is 5.02 Å². The molecule has 1 aromatic carbocycles. The molecule has 5 nitrogen and oxygen atoms in total. The topological polar surface area (TPSA) is 66.6 Å². The van der Waals surface area contributed by atoms with Crippen LogP contribution in [0.5, 0.6) is 0 Å². The first-order chi connectivity index (χ1) is 12.1. The van der Waals surface area contributed by atoms with E-state index in [2.05, 4.69) is 9.88 Å². The molecular weight excluding hydrogens is 340 g/mol. The molecule has 0 unspecified atom stereocenters. The summed E-state index contributed by atoms with van der Waals surface area (Å²) in [6.45, 7) is 0.516. The van der Waals surface area contributed by atoms with Gasteiger partial charge in [0.25, 0.3) is 0 Å². The molecule has 2 aromatic rings. The van der Waals surface area contributed by atoms with Gasteiger partial charge in [-0.3, -0.25) is 9.69 Å². The SMILES string of the molecule is O=C(O)[C@@H]1C[C@H]2CCCC[C@H]2N1Cc1coc(-c2cccc(Cl)c2)n1. The van der Waals surface area contributed by atoms with E-state index < -0.39 is 12.0 Å². The molecule has 1 N–H and O–H groups in total. The van der Waals surface area contributed by atoms with E-state index >= 15 is 0 Å². The zero-order valence-electron chi connectivity index (χ0n) is 13.9. The molecule has 0 bridgehead atoms. The van der Waals surface area contributed by atoms with E-state index in [9.17, 15) is 9.90 Å². The van der Waals surface area contributed by atoms with Crippen molar-refractivity contribution in [3.8, 4) is 11.5 Å².